The van der Waals surface area contributed by atoms with Gasteiger partial charge < -0.3 is 5.73 Å². The molecule has 0 aliphatic carbocycles. The highest BCUT2D eigenvalue weighted by Gasteiger charge is 2.30. The quantitative estimate of drug-likeness (QED) is 0.855. The van der Waals surface area contributed by atoms with Crippen LogP contribution in [0.5, 0.6) is 0 Å². The third-order valence-electron chi connectivity index (χ3n) is 3.61. The van der Waals surface area contributed by atoms with E-state index < -0.39 is 0 Å². The highest BCUT2D eigenvalue weighted by molar-refractivity contribution is 5.22. The van der Waals surface area contributed by atoms with E-state index in [0.29, 0.717) is 6.04 Å². The van der Waals surface area contributed by atoms with Crippen molar-refractivity contribution in [2.24, 2.45) is 5.73 Å². The monoisotopic (exact) mass is 236 g/mol. The zero-order valence-corrected chi connectivity index (χ0v) is 10.6. The van der Waals surface area contributed by atoms with Gasteiger partial charge in [-0.1, -0.05) is 18.2 Å². The molecule has 2 rings (SSSR count). The number of nitrogens with two attached hydrogens (primary N) is 1. The van der Waals surface area contributed by atoms with Crippen molar-refractivity contribution in [3.05, 3.63) is 35.6 Å². The molecule has 3 heteroatoms. The van der Waals surface area contributed by atoms with Crippen LogP contribution in [0, 0.1) is 5.82 Å². The summed E-state index contributed by atoms with van der Waals surface area (Å²) in [5.74, 6) is -0.114. The lowest BCUT2D eigenvalue weighted by atomic mass is 9.91. The maximum Gasteiger partial charge on any atom is 0.127 e. The molecule has 0 unspecified atom stereocenters. The zero-order valence-electron chi connectivity index (χ0n) is 10.6. The second-order valence-electron chi connectivity index (χ2n) is 5.15. The normalized spacial score (nSPS) is 26.4. The van der Waals surface area contributed by atoms with Crippen molar-refractivity contribution in [1.29, 1.82) is 0 Å². The molecular weight excluding hydrogens is 215 g/mol. The van der Waals surface area contributed by atoms with Crippen molar-refractivity contribution in [1.82, 2.24) is 4.90 Å². The summed E-state index contributed by atoms with van der Waals surface area (Å²) in [7, 11) is 0. The lowest BCUT2D eigenvalue weighted by Crippen LogP contribution is -2.45. The number of hydrogen-bond donors (Lipinski definition) is 1. The summed E-state index contributed by atoms with van der Waals surface area (Å²) in [6.45, 7) is 5.27. The topological polar surface area (TPSA) is 29.3 Å². The first-order valence-electron chi connectivity index (χ1n) is 6.35. The van der Waals surface area contributed by atoms with E-state index in [-0.39, 0.29) is 17.9 Å². The summed E-state index contributed by atoms with van der Waals surface area (Å²) in [6, 6.07) is 7.79. The van der Waals surface area contributed by atoms with Gasteiger partial charge in [0.25, 0.3) is 0 Å². The Kier molecular flexibility index (Phi) is 3.79. The highest BCUT2D eigenvalue weighted by Crippen LogP contribution is 2.33. The Morgan fingerprint density at radius 2 is 2.06 bits per heavy atom. The molecule has 1 aliphatic rings. The van der Waals surface area contributed by atoms with Gasteiger partial charge in [-0.2, -0.15) is 0 Å². The molecule has 0 aromatic heterocycles. The van der Waals surface area contributed by atoms with E-state index in [9.17, 15) is 4.39 Å². The van der Waals surface area contributed by atoms with Crippen LogP contribution in [0.2, 0.25) is 0 Å². The van der Waals surface area contributed by atoms with Gasteiger partial charge in [0.2, 0.25) is 0 Å². The van der Waals surface area contributed by atoms with Crippen LogP contribution in [-0.2, 0) is 0 Å². The van der Waals surface area contributed by atoms with Gasteiger partial charge in [0.15, 0.2) is 0 Å². The average molecular weight is 236 g/mol. The minimum absolute atomic E-state index is 0.114. The first kappa shape index (κ1) is 12.5. The van der Waals surface area contributed by atoms with Crippen molar-refractivity contribution in [2.75, 3.05) is 6.54 Å². The van der Waals surface area contributed by atoms with E-state index in [1.807, 2.05) is 12.1 Å². The summed E-state index contributed by atoms with van der Waals surface area (Å²) in [4.78, 5) is 2.35. The lowest BCUT2D eigenvalue weighted by molar-refractivity contribution is 0.0990. The first-order chi connectivity index (χ1) is 8.09. The molecule has 0 bridgehead atoms. The van der Waals surface area contributed by atoms with Crippen LogP contribution < -0.4 is 5.73 Å². The van der Waals surface area contributed by atoms with Crippen LogP contribution >= 0.6 is 0 Å². The van der Waals surface area contributed by atoms with E-state index in [4.69, 9.17) is 5.73 Å². The van der Waals surface area contributed by atoms with Crippen molar-refractivity contribution in [3.63, 3.8) is 0 Å². The van der Waals surface area contributed by atoms with Crippen LogP contribution in [0.15, 0.2) is 24.3 Å². The van der Waals surface area contributed by atoms with E-state index >= 15 is 0 Å². The van der Waals surface area contributed by atoms with Crippen LogP contribution in [-0.4, -0.2) is 23.5 Å². The maximum absolute atomic E-state index is 13.9. The predicted molar refractivity (Wildman–Crippen MR) is 68.2 cm³/mol. The fourth-order valence-electron chi connectivity index (χ4n) is 2.68. The summed E-state index contributed by atoms with van der Waals surface area (Å²) in [5, 5.41) is 0. The summed E-state index contributed by atoms with van der Waals surface area (Å²) >= 11 is 0. The Labute approximate surface area is 103 Å². The van der Waals surface area contributed by atoms with Gasteiger partial charge in [-0.3, -0.25) is 4.90 Å². The van der Waals surface area contributed by atoms with Gasteiger partial charge in [-0.15, -0.1) is 0 Å². The Morgan fingerprint density at radius 1 is 1.35 bits per heavy atom. The molecular formula is C14H21FN2. The van der Waals surface area contributed by atoms with Gasteiger partial charge in [0, 0.05) is 30.2 Å². The van der Waals surface area contributed by atoms with Gasteiger partial charge in [0.1, 0.15) is 5.82 Å². The number of benzene rings is 1. The Bertz CT molecular complexity index is 378. The fourth-order valence-corrected chi connectivity index (χ4v) is 2.68. The minimum atomic E-state index is -0.114. The SMILES string of the molecule is CC(C)N1CC[C@@H](N)C[C@H]1c1ccccc1F. The number of piperidine rings is 1. The van der Waals surface area contributed by atoms with Crippen molar-refractivity contribution in [2.45, 2.75) is 44.8 Å². The predicted octanol–water partition coefficient (Wildman–Crippen LogP) is 2.70. The molecule has 2 nitrogen and oxygen atoms in total. The van der Waals surface area contributed by atoms with E-state index in [2.05, 4.69) is 18.7 Å². The van der Waals surface area contributed by atoms with Crippen LogP contribution in [0.1, 0.15) is 38.3 Å². The molecule has 0 radical (unpaired) electrons. The summed E-state index contributed by atoms with van der Waals surface area (Å²) in [5.41, 5.74) is 6.81. The Hall–Kier alpha value is -0.930. The molecule has 0 amide bonds. The molecule has 94 valence electrons. The lowest BCUT2D eigenvalue weighted by Gasteiger charge is -2.41. The molecule has 17 heavy (non-hydrogen) atoms. The van der Waals surface area contributed by atoms with Crippen LogP contribution in [0.25, 0.3) is 0 Å². The summed E-state index contributed by atoms with van der Waals surface area (Å²) in [6.07, 6.45) is 1.85. The summed E-state index contributed by atoms with van der Waals surface area (Å²) < 4.78 is 13.9. The molecule has 1 aromatic rings. The molecule has 0 spiro atoms. The number of rotatable bonds is 2. The van der Waals surface area contributed by atoms with Crippen molar-refractivity contribution in [3.8, 4) is 0 Å². The maximum atomic E-state index is 13.9. The van der Waals surface area contributed by atoms with E-state index in [0.717, 1.165) is 24.9 Å². The number of hydrogen-bond acceptors (Lipinski definition) is 2. The molecule has 1 aromatic carbocycles. The highest BCUT2D eigenvalue weighted by atomic mass is 19.1. The third-order valence-corrected chi connectivity index (χ3v) is 3.61. The minimum Gasteiger partial charge on any atom is -0.328 e. The van der Waals surface area contributed by atoms with E-state index in [1.54, 1.807) is 6.07 Å². The smallest absolute Gasteiger partial charge is 0.127 e. The third kappa shape index (κ3) is 2.67. The molecule has 1 aliphatic heterocycles. The molecule has 1 saturated heterocycles. The number of likely N-dealkylation sites (tertiary alicyclic amines) is 1. The van der Waals surface area contributed by atoms with Gasteiger partial charge in [0.05, 0.1) is 0 Å². The zero-order chi connectivity index (χ0) is 12.4. The Balaban J connectivity index is 2.29. The largest absolute Gasteiger partial charge is 0.328 e. The molecule has 2 atom stereocenters. The van der Waals surface area contributed by atoms with Gasteiger partial charge in [-0.05, 0) is 32.8 Å². The average Bonchev–Trinajstić information content (AvgIpc) is 2.29. The second-order valence-corrected chi connectivity index (χ2v) is 5.15. The number of nitrogens with zero attached hydrogens (tertiary/aromatic N) is 1. The standard InChI is InChI=1S/C14H21FN2/c1-10(2)17-8-7-11(16)9-14(17)12-5-3-4-6-13(12)15/h3-6,10-11,14H,7-9,16H2,1-2H3/t11-,14+/m1/s1. The fraction of sp³-hybridized carbons (Fsp3) is 0.571. The molecule has 1 fully saturated rings. The second kappa shape index (κ2) is 5.15. The van der Waals surface area contributed by atoms with Crippen LogP contribution in [0.4, 0.5) is 4.39 Å². The van der Waals surface area contributed by atoms with E-state index in [1.165, 1.54) is 6.07 Å². The van der Waals surface area contributed by atoms with Crippen LogP contribution in [0.3, 0.4) is 0 Å². The molecule has 2 N–H and O–H groups in total. The molecule has 0 saturated carbocycles. The Morgan fingerprint density at radius 3 is 2.71 bits per heavy atom. The number of halogens is 1. The molecule has 1 heterocycles. The van der Waals surface area contributed by atoms with Crippen molar-refractivity contribution < 1.29 is 4.39 Å². The van der Waals surface area contributed by atoms with Crippen molar-refractivity contribution >= 4 is 0 Å². The van der Waals surface area contributed by atoms with Gasteiger partial charge in [-0.25, -0.2) is 4.39 Å². The van der Waals surface area contributed by atoms with Gasteiger partial charge >= 0.3 is 0 Å². The first-order valence-corrected chi connectivity index (χ1v) is 6.35.